The first-order valence-corrected chi connectivity index (χ1v) is 11.9. The minimum Gasteiger partial charge on any atom is -0.497 e. The van der Waals surface area contributed by atoms with Crippen molar-refractivity contribution in [3.05, 3.63) is 30.3 Å². The minimum absolute atomic E-state index is 0. The molecule has 5 rings (SSSR count). The number of rotatable bonds is 4. The van der Waals surface area contributed by atoms with Crippen LogP contribution in [0.25, 0.3) is 0 Å². The number of nitrogens with one attached hydrogen (secondary N) is 2. The molecule has 11 heteroatoms. The van der Waals surface area contributed by atoms with Crippen LogP contribution >= 0.6 is 12.4 Å². The highest BCUT2D eigenvalue weighted by atomic mass is 35.5. The van der Waals surface area contributed by atoms with Crippen molar-refractivity contribution >= 4 is 39.5 Å². The van der Waals surface area contributed by atoms with Crippen LogP contribution in [0, 0.1) is 0 Å². The van der Waals surface area contributed by atoms with Gasteiger partial charge in [0.25, 0.3) is 10.0 Å². The highest BCUT2D eigenvalue weighted by molar-refractivity contribution is 7.92. The maximum Gasteiger partial charge on any atom is 0.264 e. The Labute approximate surface area is 194 Å². The molecule has 32 heavy (non-hydrogen) atoms. The molecule has 0 saturated carbocycles. The van der Waals surface area contributed by atoms with Crippen LogP contribution in [0.5, 0.6) is 17.2 Å². The fourth-order valence-corrected chi connectivity index (χ4v) is 5.64. The zero-order valence-corrected chi connectivity index (χ0v) is 19.4. The number of sulfonamides is 1. The second-order valence-corrected chi connectivity index (χ2v) is 9.45. The highest BCUT2D eigenvalue weighted by Crippen LogP contribution is 2.46. The van der Waals surface area contributed by atoms with Gasteiger partial charge < -0.3 is 29.7 Å². The van der Waals surface area contributed by atoms with Crippen LogP contribution in [0.15, 0.2) is 35.2 Å². The van der Waals surface area contributed by atoms with E-state index in [1.807, 2.05) is 6.07 Å². The lowest BCUT2D eigenvalue weighted by atomic mass is 10.1. The molecule has 1 fully saturated rings. The Balaban J connectivity index is 0.00000245. The largest absolute Gasteiger partial charge is 0.497 e. The Bertz CT molecular complexity index is 1090. The molecule has 0 radical (unpaired) electrons. The average molecular weight is 483 g/mol. The Morgan fingerprint density at radius 1 is 0.969 bits per heavy atom. The zero-order chi connectivity index (χ0) is 21.4. The van der Waals surface area contributed by atoms with Gasteiger partial charge in [-0.1, -0.05) is 0 Å². The number of hydrogen-bond acceptors (Lipinski definition) is 8. The summed E-state index contributed by atoms with van der Waals surface area (Å²) in [6, 6.07) is 8.58. The van der Waals surface area contributed by atoms with Gasteiger partial charge in [-0.2, -0.15) is 0 Å². The quantitative estimate of drug-likeness (QED) is 0.683. The SMILES string of the molecule is COc1cc(N2CCNCC2)c2c(c1)N(S(=O)(=O)c1ccc3c(c1)NCCO3)CCO2.Cl. The van der Waals surface area contributed by atoms with Crippen molar-refractivity contribution < 1.29 is 22.6 Å². The van der Waals surface area contributed by atoms with Crippen LogP contribution in [0.4, 0.5) is 17.1 Å². The molecule has 0 bridgehead atoms. The van der Waals surface area contributed by atoms with Gasteiger partial charge in [-0.3, -0.25) is 4.31 Å². The first-order valence-electron chi connectivity index (χ1n) is 10.4. The van der Waals surface area contributed by atoms with E-state index < -0.39 is 10.0 Å². The van der Waals surface area contributed by atoms with Crippen molar-refractivity contribution in [3.8, 4) is 17.2 Å². The van der Waals surface area contributed by atoms with Gasteiger partial charge in [-0.05, 0) is 18.2 Å². The molecule has 3 heterocycles. The third kappa shape index (κ3) is 3.98. The predicted molar refractivity (Wildman–Crippen MR) is 126 cm³/mol. The molecule has 2 N–H and O–H groups in total. The average Bonchev–Trinajstić information content (AvgIpc) is 2.83. The summed E-state index contributed by atoms with van der Waals surface area (Å²) in [6.07, 6.45) is 0. The molecule has 174 valence electrons. The fourth-order valence-electron chi connectivity index (χ4n) is 4.17. The second-order valence-electron chi connectivity index (χ2n) is 7.59. The summed E-state index contributed by atoms with van der Waals surface area (Å²) >= 11 is 0. The summed E-state index contributed by atoms with van der Waals surface area (Å²) < 4.78 is 45.8. The molecule has 0 aromatic heterocycles. The molecule has 2 aromatic carbocycles. The van der Waals surface area contributed by atoms with E-state index in [-0.39, 0.29) is 30.5 Å². The lowest BCUT2D eigenvalue weighted by Gasteiger charge is -2.36. The summed E-state index contributed by atoms with van der Waals surface area (Å²) in [5.41, 5.74) is 2.05. The first kappa shape index (κ1) is 22.6. The fraction of sp³-hybridized carbons (Fsp3) is 0.429. The van der Waals surface area contributed by atoms with E-state index in [4.69, 9.17) is 14.2 Å². The van der Waals surface area contributed by atoms with E-state index >= 15 is 0 Å². The number of fused-ring (bicyclic) bond motifs is 2. The number of hydrogen-bond donors (Lipinski definition) is 2. The van der Waals surface area contributed by atoms with Gasteiger partial charge in [0.2, 0.25) is 0 Å². The van der Waals surface area contributed by atoms with Crippen LogP contribution in [0.2, 0.25) is 0 Å². The zero-order valence-electron chi connectivity index (χ0n) is 17.8. The summed E-state index contributed by atoms with van der Waals surface area (Å²) in [7, 11) is -2.23. The van der Waals surface area contributed by atoms with Crippen LogP contribution in [-0.4, -0.2) is 68.0 Å². The van der Waals surface area contributed by atoms with E-state index in [1.165, 1.54) is 4.31 Å². The van der Waals surface area contributed by atoms with Crippen molar-refractivity contribution in [1.82, 2.24) is 5.32 Å². The molecule has 3 aliphatic rings. The molecular weight excluding hydrogens is 456 g/mol. The topological polar surface area (TPSA) is 92.4 Å². The molecule has 1 saturated heterocycles. The highest BCUT2D eigenvalue weighted by Gasteiger charge is 2.34. The number of methoxy groups -OCH3 is 1. The van der Waals surface area contributed by atoms with Crippen LogP contribution in [0.3, 0.4) is 0 Å². The van der Waals surface area contributed by atoms with Crippen LogP contribution in [-0.2, 0) is 10.0 Å². The van der Waals surface area contributed by atoms with E-state index in [0.717, 1.165) is 31.9 Å². The number of nitrogens with zero attached hydrogens (tertiary/aromatic N) is 2. The van der Waals surface area contributed by atoms with Crippen molar-refractivity contribution in [2.45, 2.75) is 4.90 Å². The summed E-state index contributed by atoms with van der Waals surface area (Å²) in [6.45, 7) is 5.05. The van der Waals surface area contributed by atoms with Crippen molar-refractivity contribution in [1.29, 1.82) is 0 Å². The Hall–Kier alpha value is -2.56. The molecule has 0 spiro atoms. The number of piperazine rings is 1. The number of halogens is 1. The van der Waals surface area contributed by atoms with Gasteiger partial charge in [0.15, 0.2) is 5.75 Å². The summed E-state index contributed by atoms with van der Waals surface area (Å²) in [5, 5.41) is 6.54. The minimum atomic E-state index is -3.81. The van der Waals surface area contributed by atoms with Gasteiger partial charge in [0.1, 0.15) is 24.7 Å². The van der Waals surface area contributed by atoms with Crippen LogP contribution < -0.4 is 34.0 Å². The summed E-state index contributed by atoms with van der Waals surface area (Å²) in [4.78, 5) is 2.41. The van der Waals surface area contributed by atoms with Crippen LogP contribution in [0.1, 0.15) is 0 Å². The van der Waals surface area contributed by atoms with Gasteiger partial charge in [-0.15, -0.1) is 12.4 Å². The van der Waals surface area contributed by atoms with E-state index in [9.17, 15) is 8.42 Å². The van der Waals surface area contributed by atoms with Crippen molar-refractivity contribution in [2.75, 3.05) is 74.1 Å². The maximum atomic E-state index is 13.7. The van der Waals surface area contributed by atoms with E-state index in [0.29, 0.717) is 41.8 Å². The molecule has 0 aliphatic carbocycles. The van der Waals surface area contributed by atoms with Gasteiger partial charge in [0, 0.05) is 44.9 Å². The molecule has 3 aliphatic heterocycles. The van der Waals surface area contributed by atoms with Gasteiger partial charge in [-0.25, -0.2) is 8.42 Å². The molecule has 0 atom stereocenters. The monoisotopic (exact) mass is 482 g/mol. The molecule has 0 unspecified atom stereocenters. The van der Waals surface area contributed by atoms with Gasteiger partial charge in [0.05, 0.1) is 35.6 Å². The number of ether oxygens (including phenoxy) is 3. The molecule has 0 amide bonds. The number of benzene rings is 2. The van der Waals surface area contributed by atoms with E-state index in [1.54, 1.807) is 31.4 Å². The first-order chi connectivity index (χ1) is 15.1. The Kier molecular flexibility index (Phi) is 6.45. The normalized spacial score (nSPS) is 17.7. The van der Waals surface area contributed by atoms with Crippen molar-refractivity contribution in [2.24, 2.45) is 0 Å². The standard InChI is InChI=1S/C21H26N4O5S.ClH/c1-28-15-12-18(24-7-4-22-5-8-24)21-19(13-15)25(9-11-30-21)31(26,27)16-2-3-20-17(14-16)23-6-10-29-20;/h2-3,12-14,22-23H,4-11H2,1H3;1H. The third-order valence-corrected chi connectivity index (χ3v) is 7.55. The maximum absolute atomic E-state index is 13.7. The molecule has 2 aromatic rings. The van der Waals surface area contributed by atoms with Gasteiger partial charge >= 0.3 is 0 Å². The lowest BCUT2D eigenvalue weighted by molar-refractivity contribution is 0.314. The van der Waals surface area contributed by atoms with E-state index in [2.05, 4.69) is 15.5 Å². The second kappa shape index (κ2) is 9.13. The molecule has 9 nitrogen and oxygen atoms in total. The lowest BCUT2D eigenvalue weighted by Crippen LogP contribution is -2.44. The Morgan fingerprint density at radius 3 is 2.53 bits per heavy atom. The Morgan fingerprint density at radius 2 is 1.75 bits per heavy atom. The summed E-state index contributed by atoms with van der Waals surface area (Å²) in [5.74, 6) is 1.84. The smallest absolute Gasteiger partial charge is 0.264 e. The third-order valence-electron chi connectivity index (χ3n) is 5.74. The van der Waals surface area contributed by atoms with Crippen molar-refractivity contribution in [3.63, 3.8) is 0 Å². The number of anilines is 3. The predicted octanol–water partition coefficient (Wildman–Crippen LogP) is 1.92. The molecular formula is C21H27ClN4O5S.